The molecule has 0 bridgehead atoms. The van der Waals surface area contributed by atoms with Gasteiger partial charge in [0.25, 0.3) is 0 Å². The summed E-state index contributed by atoms with van der Waals surface area (Å²) in [5, 5.41) is 15.5. The number of methoxy groups -OCH3 is 1. The number of benzene rings is 2. The van der Waals surface area contributed by atoms with Crippen molar-refractivity contribution in [2.75, 3.05) is 24.4 Å². The van der Waals surface area contributed by atoms with Gasteiger partial charge in [-0.3, -0.25) is 10.00 Å². The van der Waals surface area contributed by atoms with Crippen LogP contribution in [0.25, 0.3) is 16.9 Å². The van der Waals surface area contributed by atoms with E-state index in [2.05, 4.69) is 15.7 Å². The maximum absolute atomic E-state index is 13.1. The monoisotopic (exact) mass is 478 g/mol. The van der Waals surface area contributed by atoms with Gasteiger partial charge in [-0.15, -0.1) is 0 Å². The SMILES string of the molecule is COCCCc1ccc(Cl)cc1NC(=O)Nc1c(C)c(-c2cnn(C)c2)nn1-c1ccccc1. The molecule has 0 saturated heterocycles. The molecule has 8 nitrogen and oxygen atoms in total. The molecule has 0 unspecified atom stereocenters. The van der Waals surface area contributed by atoms with Gasteiger partial charge in [-0.2, -0.15) is 10.2 Å². The Labute approximate surface area is 203 Å². The maximum atomic E-state index is 13.1. The summed E-state index contributed by atoms with van der Waals surface area (Å²) in [5.74, 6) is 0.575. The summed E-state index contributed by atoms with van der Waals surface area (Å²) in [6, 6.07) is 14.8. The van der Waals surface area contributed by atoms with Crippen LogP contribution < -0.4 is 10.6 Å². The Morgan fingerprint density at radius 3 is 2.65 bits per heavy atom. The maximum Gasteiger partial charge on any atom is 0.324 e. The van der Waals surface area contributed by atoms with Crippen molar-refractivity contribution in [3.8, 4) is 16.9 Å². The van der Waals surface area contributed by atoms with E-state index in [9.17, 15) is 4.79 Å². The van der Waals surface area contributed by atoms with Gasteiger partial charge in [0, 0.05) is 48.8 Å². The summed E-state index contributed by atoms with van der Waals surface area (Å²) in [6.45, 7) is 2.57. The Bertz CT molecular complexity index is 1280. The number of anilines is 2. The number of rotatable bonds is 8. The Hall–Kier alpha value is -3.62. The van der Waals surface area contributed by atoms with E-state index in [1.54, 1.807) is 28.7 Å². The van der Waals surface area contributed by atoms with Crippen molar-refractivity contribution < 1.29 is 9.53 Å². The van der Waals surface area contributed by atoms with Gasteiger partial charge in [-0.05, 0) is 49.6 Å². The zero-order valence-corrected chi connectivity index (χ0v) is 20.1. The highest BCUT2D eigenvalue weighted by Crippen LogP contribution is 2.30. The van der Waals surface area contributed by atoms with Crippen molar-refractivity contribution >= 4 is 29.1 Å². The number of carbonyl (C=O) groups is 1. The zero-order chi connectivity index (χ0) is 24.1. The summed E-state index contributed by atoms with van der Waals surface area (Å²) >= 11 is 6.21. The van der Waals surface area contributed by atoms with Crippen molar-refractivity contribution in [2.45, 2.75) is 19.8 Å². The van der Waals surface area contributed by atoms with Crippen molar-refractivity contribution in [1.82, 2.24) is 19.6 Å². The summed E-state index contributed by atoms with van der Waals surface area (Å²) in [4.78, 5) is 13.1. The minimum absolute atomic E-state index is 0.381. The third-order valence-corrected chi connectivity index (χ3v) is 5.68. The number of halogens is 1. The van der Waals surface area contributed by atoms with E-state index in [4.69, 9.17) is 21.4 Å². The lowest BCUT2D eigenvalue weighted by molar-refractivity contribution is 0.195. The molecule has 0 fully saturated rings. The summed E-state index contributed by atoms with van der Waals surface area (Å²) in [7, 11) is 3.53. The number of nitrogens with zero attached hydrogens (tertiary/aromatic N) is 4. The number of nitrogens with one attached hydrogen (secondary N) is 2. The average molecular weight is 479 g/mol. The van der Waals surface area contributed by atoms with Crippen LogP contribution in [-0.4, -0.2) is 39.3 Å². The largest absolute Gasteiger partial charge is 0.385 e. The third-order valence-electron chi connectivity index (χ3n) is 5.45. The van der Waals surface area contributed by atoms with Crippen molar-refractivity contribution in [3.05, 3.63) is 77.1 Å². The molecule has 0 aliphatic rings. The van der Waals surface area contributed by atoms with Crippen LogP contribution in [0, 0.1) is 6.92 Å². The minimum Gasteiger partial charge on any atom is -0.385 e. The van der Waals surface area contributed by atoms with E-state index in [0.717, 1.165) is 40.9 Å². The molecule has 176 valence electrons. The highest BCUT2D eigenvalue weighted by atomic mass is 35.5. The van der Waals surface area contributed by atoms with Crippen molar-refractivity contribution in [2.24, 2.45) is 7.05 Å². The second-order valence-corrected chi connectivity index (χ2v) is 8.39. The molecule has 0 aliphatic heterocycles. The molecule has 2 heterocycles. The molecule has 0 atom stereocenters. The smallest absolute Gasteiger partial charge is 0.324 e. The van der Waals surface area contributed by atoms with Gasteiger partial charge in [0.15, 0.2) is 0 Å². The zero-order valence-electron chi connectivity index (χ0n) is 19.4. The molecular weight excluding hydrogens is 452 g/mol. The summed E-state index contributed by atoms with van der Waals surface area (Å²) < 4.78 is 8.61. The molecule has 0 saturated carbocycles. The average Bonchev–Trinajstić information content (AvgIpc) is 3.39. The number of ether oxygens (including phenoxy) is 1. The first-order valence-corrected chi connectivity index (χ1v) is 11.3. The highest BCUT2D eigenvalue weighted by Gasteiger charge is 2.20. The number of hydrogen-bond acceptors (Lipinski definition) is 4. The molecule has 0 radical (unpaired) electrons. The Morgan fingerprint density at radius 1 is 1.15 bits per heavy atom. The lowest BCUT2D eigenvalue weighted by Gasteiger charge is -2.14. The molecule has 4 aromatic rings. The van der Waals surface area contributed by atoms with Gasteiger partial charge in [-0.1, -0.05) is 35.9 Å². The molecule has 4 rings (SSSR count). The van der Waals surface area contributed by atoms with Crippen LogP contribution in [0.1, 0.15) is 17.5 Å². The standard InChI is InChI=1S/C25H27ClN6O2/c1-17-23(19-15-27-31(2)16-19)30-32(21-9-5-4-6-10-21)24(17)29-25(33)28-22-14-20(26)12-11-18(22)8-7-13-34-3/h4-6,9-12,14-16H,7-8,13H2,1-3H3,(H2,28,29,33). The Kier molecular flexibility index (Phi) is 7.30. The number of hydrogen-bond donors (Lipinski definition) is 2. The lowest BCUT2D eigenvalue weighted by Crippen LogP contribution is -2.22. The van der Waals surface area contributed by atoms with E-state index in [1.165, 1.54) is 0 Å². The molecule has 2 aromatic carbocycles. The molecular formula is C25H27ClN6O2. The van der Waals surface area contributed by atoms with Crippen molar-refractivity contribution in [3.63, 3.8) is 0 Å². The van der Waals surface area contributed by atoms with Crippen LogP contribution in [-0.2, 0) is 18.2 Å². The molecule has 0 aliphatic carbocycles. The van der Waals surface area contributed by atoms with E-state index < -0.39 is 0 Å². The van der Waals surface area contributed by atoms with Crippen LogP contribution in [0.15, 0.2) is 60.9 Å². The van der Waals surface area contributed by atoms with Gasteiger partial charge in [0.2, 0.25) is 0 Å². The fourth-order valence-electron chi connectivity index (χ4n) is 3.77. The predicted octanol–water partition coefficient (Wildman–Crippen LogP) is 5.46. The number of aryl methyl sites for hydroxylation is 2. The topological polar surface area (TPSA) is 86.0 Å². The minimum atomic E-state index is -0.381. The lowest BCUT2D eigenvalue weighted by atomic mass is 10.1. The number of urea groups is 1. The van der Waals surface area contributed by atoms with Gasteiger partial charge < -0.3 is 10.1 Å². The normalized spacial score (nSPS) is 10.9. The van der Waals surface area contributed by atoms with E-state index >= 15 is 0 Å². The Balaban J connectivity index is 1.64. The molecule has 0 spiro atoms. The van der Waals surface area contributed by atoms with E-state index in [0.29, 0.717) is 23.1 Å². The molecule has 34 heavy (non-hydrogen) atoms. The summed E-state index contributed by atoms with van der Waals surface area (Å²) in [6.07, 6.45) is 5.25. The molecule has 2 amide bonds. The van der Waals surface area contributed by atoms with Crippen LogP contribution in [0.4, 0.5) is 16.3 Å². The fourth-order valence-corrected chi connectivity index (χ4v) is 3.94. The Morgan fingerprint density at radius 2 is 1.94 bits per heavy atom. The van der Waals surface area contributed by atoms with Crippen molar-refractivity contribution in [1.29, 1.82) is 0 Å². The van der Waals surface area contributed by atoms with Gasteiger partial charge in [0.05, 0.1) is 11.9 Å². The van der Waals surface area contributed by atoms with E-state index in [-0.39, 0.29) is 6.03 Å². The van der Waals surface area contributed by atoms with Crippen LogP contribution in [0.2, 0.25) is 5.02 Å². The summed E-state index contributed by atoms with van der Waals surface area (Å²) in [5.41, 5.74) is 4.93. The number of aromatic nitrogens is 4. The quantitative estimate of drug-likeness (QED) is 0.329. The fraction of sp³-hybridized carbons (Fsp3) is 0.240. The number of carbonyl (C=O) groups excluding carboxylic acids is 1. The van der Waals surface area contributed by atoms with Gasteiger partial charge in [-0.25, -0.2) is 9.48 Å². The van der Waals surface area contributed by atoms with Gasteiger partial charge >= 0.3 is 6.03 Å². The number of amides is 2. The second kappa shape index (κ2) is 10.5. The first kappa shape index (κ1) is 23.5. The van der Waals surface area contributed by atoms with E-state index in [1.807, 2.05) is 62.6 Å². The van der Waals surface area contributed by atoms with Gasteiger partial charge in [0.1, 0.15) is 11.5 Å². The van der Waals surface area contributed by atoms with Crippen LogP contribution >= 0.6 is 11.6 Å². The molecule has 9 heteroatoms. The molecule has 2 aromatic heterocycles. The second-order valence-electron chi connectivity index (χ2n) is 7.95. The third kappa shape index (κ3) is 5.30. The first-order valence-electron chi connectivity index (χ1n) is 11.0. The van der Waals surface area contributed by atoms with Crippen LogP contribution in [0.5, 0.6) is 0 Å². The predicted molar refractivity (Wildman–Crippen MR) is 135 cm³/mol. The highest BCUT2D eigenvalue weighted by molar-refractivity contribution is 6.31. The first-order chi connectivity index (χ1) is 16.5. The van der Waals surface area contributed by atoms with Crippen LogP contribution in [0.3, 0.4) is 0 Å². The molecule has 2 N–H and O–H groups in total. The number of para-hydroxylation sites is 1.